The summed E-state index contributed by atoms with van der Waals surface area (Å²) >= 11 is 3.58. The van der Waals surface area contributed by atoms with Crippen LogP contribution in [-0.2, 0) is 11.0 Å². The number of aryl methyl sites for hydroxylation is 1. The first kappa shape index (κ1) is 24.0. The molecule has 4 heteroatoms. The molecule has 0 N–H and O–H groups in total. The summed E-state index contributed by atoms with van der Waals surface area (Å²) in [7, 11) is -2.82. The van der Waals surface area contributed by atoms with Crippen LogP contribution in [-0.4, -0.2) is 0 Å². The van der Waals surface area contributed by atoms with Crippen molar-refractivity contribution in [3.05, 3.63) is 65.5 Å². The van der Waals surface area contributed by atoms with Crippen LogP contribution < -0.4 is 15.2 Å². The molecule has 1 aliphatic rings. The molecule has 0 fully saturated rings. The van der Waals surface area contributed by atoms with E-state index in [1.54, 1.807) is 22.7 Å². The van der Waals surface area contributed by atoms with Crippen molar-refractivity contribution >= 4 is 55.1 Å². The average Bonchev–Trinajstić information content (AvgIpc) is 3.55. The van der Waals surface area contributed by atoms with Gasteiger partial charge < -0.3 is 4.57 Å². The molecular weight excluding hydrogens is 471 g/mol. The molecule has 1 nitrogen and oxygen atoms in total. The minimum Gasteiger partial charge on any atom is -0.308 e. The van der Waals surface area contributed by atoms with Crippen molar-refractivity contribution in [3.8, 4) is 10.4 Å². The summed E-state index contributed by atoms with van der Waals surface area (Å²) in [4.78, 5) is 2.60. The van der Waals surface area contributed by atoms with Gasteiger partial charge in [0.05, 0.1) is 4.62 Å². The molecule has 0 bridgehead atoms. The van der Waals surface area contributed by atoms with Crippen LogP contribution in [0.5, 0.6) is 0 Å². The predicted octanol–water partition coefficient (Wildman–Crippen LogP) is 9.05. The van der Waals surface area contributed by atoms with E-state index in [1.165, 1.54) is 89.6 Å². The third-order valence-electron chi connectivity index (χ3n) is 7.11. The van der Waals surface area contributed by atoms with Gasteiger partial charge in [-0.1, -0.05) is 107 Å². The Bertz CT molecular complexity index is 1300. The lowest BCUT2D eigenvalue weighted by Crippen LogP contribution is -2.18. The molecule has 34 heavy (non-hydrogen) atoms. The molecule has 0 saturated carbocycles. The molecule has 178 valence electrons. The molecule has 1 atom stereocenters. The summed E-state index contributed by atoms with van der Waals surface area (Å²) in [5.41, 5.74) is 1.17. The van der Waals surface area contributed by atoms with Crippen LogP contribution in [0.25, 0.3) is 20.5 Å². The Labute approximate surface area is 212 Å². The van der Waals surface area contributed by atoms with E-state index in [9.17, 15) is 4.57 Å². The Morgan fingerprint density at radius 2 is 1.38 bits per heavy atom. The van der Waals surface area contributed by atoms with Gasteiger partial charge in [0.1, 0.15) is 0 Å². The van der Waals surface area contributed by atoms with E-state index >= 15 is 0 Å². The van der Waals surface area contributed by atoms with E-state index < -0.39 is 7.14 Å². The van der Waals surface area contributed by atoms with E-state index in [2.05, 4.69) is 61.5 Å². The minimum atomic E-state index is -2.82. The van der Waals surface area contributed by atoms with Gasteiger partial charge in [0, 0.05) is 36.0 Å². The van der Waals surface area contributed by atoms with E-state index in [4.69, 9.17) is 0 Å². The maximum absolute atomic E-state index is 14.9. The third kappa shape index (κ3) is 4.60. The summed E-state index contributed by atoms with van der Waals surface area (Å²) in [6.07, 6.45) is 14.7. The van der Waals surface area contributed by atoms with Gasteiger partial charge >= 0.3 is 0 Å². The molecule has 0 spiro atoms. The molecule has 1 aliphatic heterocycles. The van der Waals surface area contributed by atoms with Crippen LogP contribution in [0.2, 0.25) is 0 Å². The average molecular weight is 507 g/mol. The normalized spacial score (nSPS) is 16.7. The quantitative estimate of drug-likeness (QED) is 0.122. The topological polar surface area (TPSA) is 17.1 Å². The fourth-order valence-electron chi connectivity index (χ4n) is 5.27. The van der Waals surface area contributed by atoms with Gasteiger partial charge in [-0.3, -0.25) is 0 Å². The summed E-state index contributed by atoms with van der Waals surface area (Å²) < 4.78 is 17.2. The van der Waals surface area contributed by atoms with E-state index in [-0.39, 0.29) is 0 Å². The van der Waals surface area contributed by atoms with Gasteiger partial charge in [0.15, 0.2) is 7.14 Å². The van der Waals surface area contributed by atoms with E-state index in [0.717, 1.165) is 21.6 Å². The van der Waals surface area contributed by atoms with Crippen LogP contribution in [0, 0.1) is 0 Å². The van der Waals surface area contributed by atoms with Crippen molar-refractivity contribution in [2.75, 3.05) is 0 Å². The number of fused-ring (bicyclic) bond motifs is 5. The number of hydrogen-bond acceptors (Lipinski definition) is 3. The predicted molar refractivity (Wildman–Crippen MR) is 154 cm³/mol. The highest BCUT2D eigenvalue weighted by Gasteiger charge is 2.43. The highest BCUT2D eigenvalue weighted by molar-refractivity contribution is 7.91. The number of thiophene rings is 2. The Hall–Kier alpha value is -1.67. The van der Waals surface area contributed by atoms with Crippen molar-refractivity contribution < 1.29 is 4.57 Å². The molecule has 5 rings (SSSR count). The molecule has 4 aromatic rings. The zero-order valence-corrected chi connectivity index (χ0v) is 22.8. The number of unbranched alkanes of at least 4 members (excludes halogenated alkanes) is 9. The molecule has 0 saturated heterocycles. The molecule has 2 aromatic heterocycles. The van der Waals surface area contributed by atoms with Crippen LogP contribution in [0.1, 0.15) is 76.0 Å². The minimum absolute atomic E-state index is 1.04. The first-order valence-corrected chi connectivity index (χ1v) is 16.4. The van der Waals surface area contributed by atoms with Gasteiger partial charge in [0.2, 0.25) is 0 Å². The molecule has 1 unspecified atom stereocenters. The zero-order chi connectivity index (χ0) is 23.4. The van der Waals surface area contributed by atoms with Crippen molar-refractivity contribution in [1.82, 2.24) is 0 Å². The van der Waals surface area contributed by atoms with Gasteiger partial charge in [-0.15, -0.1) is 22.7 Å². The zero-order valence-electron chi connectivity index (χ0n) is 20.2. The Morgan fingerprint density at radius 1 is 0.706 bits per heavy atom. The fourth-order valence-corrected chi connectivity index (χ4v) is 12.1. The Morgan fingerprint density at radius 3 is 2.18 bits per heavy atom. The standard InChI is InChI=1S/C30H35OPS2/c1-2-3-4-5-6-7-8-9-10-11-16-23-21-22-28(33-23)32(31)26-19-14-12-17-24(26)30-29(32)25-18-13-15-20-27(25)34-30/h12-15,17-22H,2-11,16H2,1H3. The van der Waals surface area contributed by atoms with Gasteiger partial charge in [-0.05, 0) is 31.0 Å². The summed E-state index contributed by atoms with van der Waals surface area (Å²) in [6.45, 7) is 2.28. The molecule has 2 aromatic carbocycles. The van der Waals surface area contributed by atoms with Crippen molar-refractivity contribution in [3.63, 3.8) is 0 Å². The smallest absolute Gasteiger partial charge is 0.183 e. The number of rotatable bonds is 12. The van der Waals surface area contributed by atoms with Crippen molar-refractivity contribution in [1.29, 1.82) is 0 Å². The fraction of sp³-hybridized carbons (Fsp3) is 0.400. The Kier molecular flexibility index (Phi) is 7.74. The molecule has 0 amide bonds. The summed E-state index contributed by atoms with van der Waals surface area (Å²) in [6, 6.07) is 21.3. The largest absolute Gasteiger partial charge is 0.308 e. The number of benzene rings is 2. The lowest BCUT2D eigenvalue weighted by atomic mass is 10.1. The maximum Gasteiger partial charge on any atom is 0.183 e. The highest BCUT2D eigenvalue weighted by Crippen LogP contribution is 2.57. The second-order valence-electron chi connectivity index (χ2n) is 9.57. The monoisotopic (exact) mass is 506 g/mol. The molecular formula is C30H35OPS2. The van der Waals surface area contributed by atoms with Crippen molar-refractivity contribution in [2.45, 2.75) is 77.6 Å². The second kappa shape index (κ2) is 10.9. The van der Waals surface area contributed by atoms with Crippen LogP contribution in [0.4, 0.5) is 0 Å². The number of hydrogen-bond donors (Lipinski definition) is 0. The van der Waals surface area contributed by atoms with Gasteiger partial charge in [0.25, 0.3) is 0 Å². The molecule has 0 radical (unpaired) electrons. The molecule has 3 heterocycles. The lowest BCUT2D eigenvalue weighted by molar-refractivity contribution is 0.557. The Balaban J connectivity index is 1.26. The van der Waals surface area contributed by atoms with E-state index in [1.807, 2.05) is 6.07 Å². The van der Waals surface area contributed by atoms with Crippen LogP contribution >= 0.6 is 29.8 Å². The van der Waals surface area contributed by atoms with Crippen LogP contribution in [0.15, 0.2) is 60.7 Å². The summed E-state index contributed by atoms with van der Waals surface area (Å²) in [5, 5.41) is 3.29. The van der Waals surface area contributed by atoms with Gasteiger partial charge in [-0.2, -0.15) is 0 Å². The lowest BCUT2D eigenvalue weighted by Gasteiger charge is -2.13. The second-order valence-corrected chi connectivity index (χ2v) is 14.7. The maximum atomic E-state index is 14.9. The summed E-state index contributed by atoms with van der Waals surface area (Å²) in [5.74, 6) is 0. The molecule has 0 aliphatic carbocycles. The first-order valence-electron chi connectivity index (χ1n) is 13.0. The van der Waals surface area contributed by atoms with Crippen LogP contribution in [0.3, 0.4) is 0 Å². The van der Waals surface area contributed by atoms with E-state index in [0.29, 0.717) is 0 Å². The third-order valence-corrected chi connectivity index (χ3v) is 13.4. The first-order chi connectivity index (χ1) is 16.7. The van der Waals surface area contributed by atoms with Gasteiger partial charge in [-0.25, -0.2) is 0 Å². The van der Waals surface area contributed by atoms with Crippen molar-refractivity contribution in [2.24, 2.45) is 0 Å². The SMILES string of the molecule is CCCCCCCCCCCCc1ccc(P2(=O)c3ccccc3-c3sc4ccccc4c32)s1. The highest BCUT2D eigenvalue weighted by atomic mass is 32.1.